The van der Waals surface area contributed by atoms with Crippen molar-refractivity contribution < 1.29 is 8.76 Å². The molecule has 13 heavy (non-hydrogen) atoms. The first kappa shape index (κ1) is 8.28. The average molecular weight is 196 g/mol. The van der Waals surface area contributed by atoms with E-state index >= 15 is 0 Å². The van der Waals surface area contributed by atoms with E-state index in [1.165, 1.54) is 6.20 Å². The summed E-state index contributed by atoms with van der Waals surface area (Å²) < 4.78 is 19.7. The number of benzene rings is 1. The van der Waals surface area contributed by atoms with Crippen molar-refractivity contribution in [3.05, 3.63) is 24.4 Å². The van der Waals surface area contributed by atoms with Gasteiger partial charge in [-0.1, -0.05) is 0 Å². The van der Waals surface area contributed by atoms with Crippen LogP contribution in [0.5, 0.6) is 0 Å². The molecule has 0 amide bonds. The van der Waals surface area contributed by atoms with Crippen LogP contribution in [-0.4, -0.2) is 13.7 Å². The van der Waals surface area contributed by atoms with Gasteiger partial charge in [0, 0.05) is 22.8 Å². The van der Waals surface area contributed by atoms with E-state index in [9.17, 15) is 4.21 Å². The van der Waals surface area contributed by atoms with Crippen LogP contribution in [0.1, 0.15) is 0 Å². The Bertz CT molecular complexity index is 478. The Hall–Kier alpha value is -1.33. The molecule has 5 heteroatoms. The Morgan fingerprint density at radius 3 is 2.92 bits per heavy atom. The first-order valence-corrected chi connectivity index (χ1v) is 4.76. The SMILES string of the molecule is Nc1ccc2c(S(=O)O)c[nH]c2c1. The van der Waals surface area contributed by atoms with Crippen molar-refractivity contribution >= 4 is 27.7 Å². The highest BCUT2D eigenvalue weighted by atomic mass is 32.2. The van der Waals surface area contributed by atoms with Crippen molar-refractivity contribution in [2.75, 3.05) is 5.73 Å². The fourth-order valence-corrected chi connectivity index (χ4v) is 1.79. The van der Waals surface area contributed by atoms with Crippen molar-refractivity contribution in [1.29, 1.82) is 0 Å². The van der Waals surface area contributed by atoms with Crippen LogP contribution in [0.2, 0.25) is 0 Å². The predicted octanol–water partition coefficient (Wildman–Crippen LogP) is 1.33. The van der Waals surface area contributed by atoms with Gasteiger partial charge >= 0.3 is 0 Å². The van der Waals surface area contributed by atoms with Gasteiger partial charge in [0.05, 0.1) is 4.90 Å². The predicted molar refractivity (Wildman–Crippen MR) is 51.7 cm³/mol. The molecule has 1 aromatic carbocycles. The molecular formula is C8H8N2O2S. The first-order chi connectivity index (χ1) is 6.18. The molecule has 1 heterocycles. The number of aromatic nitrogens is 1. The summed E-state index contributed by atoms with van der Waals surface area (Å²) in [5.74, 6) is 0. The van der Waals surface area contributed by atoms with Gasteiger partial charge in [-0.3, -0.25) is 0 Å². The Kier molecular flexibility index (Phi) is 1.82. The molecule has 0 saturated carbocycles. The van der Waals surface area contributed by atoms with Gasteiger partial charge in [-0.2, -0.15) is 0 Å². The summed E-state index contributed by atoms with van der Waals surface area (Å²) in [5.41, 5.74) is 6.96. The number of hydrogen-bond acceptors (Lipinski definition) is 2. The van der Waals surface area contributed by atoms with Crippen molar-refractivity contribution in [2.24, 2.45) is 0 Å². The van der Waals surface area contributed by atoms with E-state index in [1.807, 2.05) is 0 Å². The quantitative estimate of drug-likeness (QED) is 0.475. The summed E-state index contributed by atoms with van der Waals surface area (Å²) >= 11 is -1.95. The van der Waals surface area contributed by atoms with E-state index in [1.54, 1.807) is 18.2 Å². The lowest BCUT2D eigenvalue weighted by Crippen LogP contribution is -1.86. The van der Waals surface area contributed by atoms with Gasteiger partial charge < -0.3 is 15.3 Å². The summed E-state index contributed by atoms with van der Waals surface area (Å²) in [6.07, 6.45) is 1.51. The number of hydrogen-bond donors (Lipinski definition) is 3. The number of anilines is 1. The second-order valence-corrected chi connectivity index (χ2v) is 3.65. The molecule has 0 radical (unpaired) electrons. The summed E-state index contributed by atoms with van der Waals surface area (Å²) in [6.45, 7) is 0. The minimum Gasteiger partial charge on any atom is -0.399 e. The molecular weight excluding hydrogens is 188 g/mol. The molecule has 1 atom stereocenters. The van der Waals surface area contributed by atoms with Crippen molar-refractivity contribution in [3.63, 3.8) is 0 Å². The summed E-state index contributed by atoms with van der Waals surface area (Å²) in [5, 5.41) is 0.732. The van der Waals surface area contributed by atoms with Crippen LogP contribution in [0.15, 0.2) is 29.3 Å². The standard InChI is InChI=1S/C8H8N2O2S/c9-5-1-2-6-7(3-5)10-4-8(6)13(11)12/h1-4,10H,9H2,(H,11,12). The monoisotopic (exact) mass is 196 g/mol. The molecule has 0 saturated heterocycles. The molecule has 0 aliphatic heterocycles. The Labute approximate surface area is 77.0 Å². The van der Waals surface area contributed by atoms with Crippen LogP contribution in [0.4, 0.5) is 5.69 Å². The van der Waals surface area contributed by atoms with Gasteiger partial charge in [-0.05, 0) is 18.2 Å². The number of nitrogens with two attached hydrogens (primary N) is 1. The molecule has 0 spiro atoms. The third-order valence-corrected chi connectivity index (χ3v) is 2.57. The highest BCUT2D eigenvalue weighted by Crippen LogP contribution is 2.22. The van der Waals surface area contributed by atoms with Gasteiger partial charge in [0.15, 0.2) is 11.1 Å². The Morgan fingerprint density at radius 2 is 2.23 bits per heavy atom. The number of aromatic amines is 1. The molecule has 4 N–H and O–H groups in total. The van der Waals surface area contributed by atoms with Gasteiger partial charge in [0.25, 0.3) is 0 Å². The van der Waals surface area contributed by atoms with Crippen LogP contribution in [0, 0.1) is 0 Å². The lowest BCUT2D eigenvalue weighted by atomic mass is 10.2. The second kappa shape index (κ2) is 2.86. The third kappa shape index (κ3) is 1.32. The van der Waals surface area contributed by atoms with E-state index in [2.05, 4.69) is 4.98 Å². The number of rotatable bonds is 1. The maximum atomic E-state index is 10.8. The van der Waals surface area contributed by atoms with Crippen LogP contribution in [0.3, 0.4) is 0 Å². The van der Waals surface area contributed by atoms with Gasteiger partial charge in [0.1, 0.15) is 0 Å². The number of fused-ring (bicyclic) bond motifs is 1. The van der Waals surface area contributed by atoms with Crippen molar-refractivity contribution in [1.82, 2.24) is 4.98 Å². The van der Waals surface area contributed by atoms with E-state index in [4.69, 9.17) is 10.3 Å². The molecule has 68 valence electrons. The second-order valence-electron chi connectivity index (χ2n) is 2.71. The highest BCUT2D eigenvalue weighted by molar-refractivity contribution is 7.79. The largest absolute Gasteiger partial charge is 0.399 e. The Morgan fingerprint density at radius 1 is 1.46 bits per heavy atom. The van der Waals surface area contributed by atoms with Gasteiger partial charge in [-0.25, -0.2) is 4.21 Å². The van der Waals surface area contributed by atoms with E-state index in [0.29, 0.717) is 10.6 Å². The highest BCUT2D eigenvalue weighted by Gasteiger charge is 2.07. The maximum Gasteiger partial charge on any atom is 0.188 e. The van der Waals surface area contributed by atoms with E-state index in [0.717, 1.165) is 10.9 Å². The first-order valence-electron chi connectivity index (χ1n) is 3.66. The number of nitrogens with one attached hydrogen (secondary N) is 1. The average Bonchev–Trinajstić information content (AvgIpc) is 2.46. The van der Waals surface area contributed by atoms with Crippen LogP contribution in [0.25, 0.3) is 10.9 Å². The van der Waals surface area contributed by atoms with Crippen molar-refractivity contribution in [3.8, 4) is 0 Å². The topological polar surface area (TPSA) is 79.1 Å². The molecule has 2 rings (SSSR count). The zero-order chi connectivity index (χ0) is 9.42. The smallest absolute Gasteiger partial charge is 0.188 e. The van der Waals surface area contributed by atoms with Crippen molar-refractivity contribution in [2.45, 2.75) is 4.90 Å². The lowest BCUT2D eigenvalue weighted by Gasteiger charge is -1.94. The lowest BCUT2D eigenvalue weighted by molar-refractivity contribution is 0.565. The third-order valence-electron chi connectivity index (χ3n) is 1.86. The minimum atomic E-state index is -1.95. The molecule has 4 nitrogen and oxygen atoms in total. The molecule has 1 unspecified atom stereocenters. The number of nitrogen functional groups attached to an aromatic ring is 1. The number of H-pyrrole nitrogens is 1. The zero-order valence-electron chi connectivity index (χ0n) is 6.65. The molecule has 0 bridgehead atoms. The molecule has 0 aliphatic rings. The Balaban J connectivity index is 2.76. The summed E-state index contributed by atoms with van der Waals surface area (Å²) in [7, 11) is 0. The molecule has 0 aliphatic carbocycles. The van der Waals surface area contributed by atoms with Crippen LogP contribution < -0.4 is 5.73 Å². The molecule has 2 aromatic rings. The van der Waals surface area contributed by atoms with Crippen LogP contribution in [-0.2, 0) is 11.1 Å². The fourth-order valence-electron chi connectivity index (χ4n) is 1.26. The fraction of sp³-hybridized carbons (Fsp3) is 0. The van der Waals surface area contributed by atoms with E-state index in [-0.39, 0.29) is 0 Å². The minimum absolute atomic E-state index is 0.384. The summed E-state index contributed by atoms with van der Waals surface area (Å²) in [6, 6.07) is 5.16. The van der Waals surface area contributed by atoms with Gasteiger partial charge in [-0.15, -0.1) is 0 Å². The van der Waals surface area contributed by atoms with Crippen LogP contribution >= 0.6 is 0 Å². The molecule has 0 fully saturated rings. The molecule has 1 aromatic heterocycles. The summed E-state index contributed by atoms with van der Waals surface area (Å²) in [4.78, 5) is 3.26. The van der Waals surface area contributed by atoms with Gasteiger partial charge in [0.2, 0.25) is 0 Å². The van der Waals surface area contributed by atoms with E-state index < -0.39 is 11.1 Å². The maximum absolute atomic E-state index is 10.8. The zero-order valence-corrected chi connectivity index (χ0v) is 7.47. The normalized spacial score (nSPS) is 13.3.